The fraction of sp³-hybridized carbons (Fsp3) is 0.231. The van der Waals surface area contributed by atoms with Gasteiger partial charge in [0.05, 0.1) is 24.3 Å². The Bertz CT molecular complexity index is 661. The minimum absolute atomic E-state index is 0.358. The van der Waals surface area contributed by atoms with E-state index in [-0.39, 0.29) is 0 Å². The molecule has 2 rings (SSSR count). The molecule has 1 aromatic heterocycles. The lowest BCUT2D eigenvalue weighted by molar-refractivity contribution is -0.126. The number of hydrogen-bond donors (Lipinski definition) is 2. The van der Waals surface area contributed by atoms with E-state index in [1.165, 1.54) is 6.07 Å². The van der Waals surface area contributed by atoms with Crippen LogP contribution >= 0.6 is 11.6 Å². The quantitative estimate of drug-likeness (QED) is 0.911. The molecule has 0 atom stereocenters. The van der Waals surface area contributed by atoms with Crippen molar-refractivity contribution in [3.8, 4) is 0 Å². The normalized spacial score (nSPS) is 11.6. The van der Waals surface area contributed by atoms with Crippen LogP contribution in [0.15, 0.2) is 30.5 Å². The molecule has 2 aromatic rings. The van der Waals surface area contributed by atoms with Gasteiger partial charge in [-0.05, 0) is 18.2 Å². The third-order valence-electron chi connectivity index (χ3n) is 2.55. The van der Waals surface area contributed by atoms with E-state index in [9.17, 15) is 18.0 Å². The van der Waals surface area contributed by atoms with Crippen LogP contribution in [0.1, 0.15) is 0 Å². The van der Waals surface area contributed by atoms with E-state index in [4.69, 9.17) is 11.6 Å². The smallest absolute Gasteiger partial charge is 0.323 e. The Kier molecular flexibility index (Phi) is 4.64. The number of benzene rings is 1. The van der Waals surface area contributed by atoms with Crippen LogP contribution in [0.3, 0.4) is 0 Å². The SMILES string of the molecule is O=C(CNCC(F)(F)F)Nc1cc(Cl)cc2cccnc12. The zero-order chi connectivity index (χ0) is 15.5. The molecule has 21 heavy (non-hydrogen) atoms. The first-order chi connectivity index (χ1) is 9.85. The maximum absolute atomic E-state index is 12.0. The fourth-order valence-corrected chi connectivity index (χ4v) is 1.99. The first-order valence-corrected chi connectivity index (χ1v) is 6.34. The number of halogens is 4. The highest BCUT2D eigenvalue weighted by Gasteiger charge is 2.26. The third-order valence-corrected chi connectivity index (χ3v) is 2.77. The number of anilines is 1. The molecule has 1 aromatic carbocycles. The number of carbonyl (C=O) groups is 1. The van der Waals surface area contributed by atoms with Gasteiger partial charge in [0, 0.05) is 16.6 Å². The molecule has 0 spiro atoms. The Morgan fingerprint density at radius 1 is 1.33 bits per heavy atom. The monoisotopic (exact) mass is 317 g/mol. The van der Waals surface area contributed by atoms with E-state index < -0.39 is 25.2 Å². The topological polar surface area (TPSA) is 54.0 Å². The average Bonchev–Trinajstić information content (AvgIpc) is 2.36. The highest BCUT2D eigenvalue weighted by Crippen LogP contribution is 2.26. The summed E-state index contributed by atoms with van der Waals surface area (Å²) in [5, 5.41) is 5.64. The minimum atomic E-state index is -4.36. The number of hydrogen-bond acceptors (Lipinski definition) is 3. The summed E-state index contributed by atoms with van der Waals surface area (Å²) in [5.74, 6) is -0.603. The van der Waals surface area contributed by atoms with Gasteiger partial charge in [0.25, 0.3) is 0 Å². The molecule has 0 fully saturated rings. The van der Waals surface area contributed by atoms with Gasteiger partial charge in [-0.3, -0.25) is 9.78 Å². The Labute approximate surface area is 123 Å². The zero-order valence-electron chi connectivity index (χ0n) is 10.7. The molecule has 2 N–H and O–H groups in total. The van der Waals surface area contributed by atoms with Gasteiger partial charge in [0.15, 0.2) is 0 Å². The van der Waals surface area contributed by atoms with Gasteiger partial charge in [-0.1, -0.05) is 17.7 Å². The van der Waals surface area contributed by atoms with E-state index in [2.05, 4.69) is 10.3 Å². The highest BCUT2D eigenvalue weighted by molar-refractivity contribution is 6.32. The number of carbonyl (C=O) groups excluding carboxylic acids is 1. The minimum Gasteiger partial charge on any atom is -0.323 e. The van der Waals surface area contributed by atoms with E-state index in [1.807, 2.05) is 5.32 Å². The summed E-state index contributed by atoms with van der Waals surface area (Å²) in [6.45, 7) is -1.69. The van der Waals surface area contributed by atoms with Gasteiger partial charge in [-0.25, -0.2) is 0 Å². The predicted octanol–water partition coefficient (Wildman–Crippen LogP) is 2.98. The molecule has 0 bridgehead atoms. The van der Waals surface area contributed by atoms with E-state index in [1.54, 1.807) is 24.4 Å². The molecule has 0 unspecified atom stereocenters. The molecule has 1 amide bonds. The molecule has 0 saturated carbocycles. The van der Waals surface area contributed by atoms with Crippen molar-refractivity contribution in [2.45, 2.75) is 6.18 Å². The third kappa shape index (κ3) is 4.57. The Balaban J connectivity index is 2.07. The molecule has 112 valence electrons. The van der Waals surface area contributed by atoms with Crippen LogP contribution in [0.4, 0.5) is 18.9 Å². The van der Waals surface area contributed by atoms with Crippen LogP contribution in [-0.2, 0) is 4.79 Å². The maximum Gasteiger partial charge on any atom is 0.401 e. The van der Waals surface area contributed by atoms with Crippen molar-refractivity contribution in [1.29, 1.82) is 0 Å². The van der Waals surface area contributed by atoms with Crippen LogP contribution in [-0.4, -0.2) is 30.2 Å². The van der Waals surface area contributed by atoms with Crippen molar-refractivity contribution in [3.63, 3.8) is 0 Å². The number of pyridine rings is 1. The summed E-state index contributed by atoms with van der Waals surface area (Å²) >= 11 is 5.93. The second kappa shape index (κ2) is 6.28. The lowest BCUT2D eigenvalue weighted by Gasteiger charge is -2.10. The number of amides is 1. The van der Waals surface area contributed by atoms with Gasteiger partial charge < -0.3 is 10.6 Å². The van der Waals surface area contributed by atoms with Crippen LogP contribution in [0, 0.1) is 0 Å². The summed E-state index contributed by atoms with van der Waals surface area (Å²) in [6, 6.07) is 6.67. The van der Waals surface area contributed by atoms with Gasteiger partial charge in [-0.2, -0.15) is 13.2 Å². The molecule has 4 nitrogen and oxygen atoms in total. The van der Waals surface area contributed by atoms with Crippen LogP contribution in [0.2, 0.25) is 5.02 Å². The Hall–Kier alpha value is -1.86. The van der Waals surface area contributed by atoms with Crippen molar-refractivity contribution in [2.24, 2.45) is 0 Å². The summed E-state index contributed by atoms with van der Waals surface area (Å²) < 4.78 is 35.9. The lowest BCUT2D eigenvalue weighted by atomic mass is 10.2. The maximum atomic E-state index is 12.0. The van der Waals surface area contributed by atoms with Crippen molar-refractivity contribution < 1.29 is 18.0 Å². The largest absolute Gasteiger partial charge is 0.401 e. The van der Waals surface area contributed by atoms with E-state index in [0.717, 1.165) is 5.39 Å². The molecule has 0 aliphatic carbocycles. The number of fused-ring (bicyclic) bond motifs is 1. The summed E-state index contributed by atoms with van der Waals surface area (Å²) in [5.41, 5.74) is 0.878. The molecule has 0 radical (unpaired) electrons. The number of alkyl halides is 3. The Morgan fingerprint density at radius 2 is 2.10 bits per heavy atom. The standard InChI is InChI=1S/C13H11ClF3N3O/c14-9-4-8-2-1-3-19-12(8)10(5-9)20-11(21)6-18-7-13(15,16)17/h1-5,18H,6-7H2,(H,20,21). The number of aromatic nitrogens is 1. The summed E-state index contributed by atoms with van der Waals surface area (Å²) in [4.78, 5) is 15.8. The lowest BCUT2D eigenvalue weighted by Crippen LogP contribution is -2.35. The molecule has 1 heterocycles. The summed E-state index contributed by atoms with van der Waals surface area (Å²) in [6.07, 6.45) is -2.81. The van der Waals surface area contributed by atoms with Gasteiger partial charge >= 0.3 is 6.18 Å². The van der Waals surface area contributed by atoms with Gasteiger partial charge in [-0.15, -0.1) is 0 Å². The number of rotatable bonds is 4. The number of nitrogens with one attached hydrogen (secondary N) is 2. The number of nitrogens with zero attached hydrogens (tertiary/aromatic N) is 1. The van der Waals surface area contributed by atoms with Crippen LogP contribution < -0.4 is 10.6 Å². The molecule has 8 heteroatoms. The molecule has 0 aliphatic rings. The van der Waals surface area contributed by atoms with Gasteiger partial charge in [0.2, 0.25) is 5.91 Å². The zero-order valence-corrected chi connectivity index (χ0v) is 11.4. The first-order valence-electron chi connectivity index (χ1n) is 5.97. The van der Waals surface area contributed by atoms with Crippen molar-refractivity contribution >= 4 is 34.1 Å². The fourth-order valence-electron chi connectivity index (χ4n) is 1.76. The van der Waals surface area contributed by atoms with Crippen LogP contribution in [0.5, 0.6) is 0 Å². The second-order valence-corrected chi connectivity index (χ2v) is 4.73. The Morgan fingerprint density at radius 3 is 2.81 bits per heavy atom. The molecular formula is C13H11ClF3N3O. The summed E-state index contributed by atoms with van der Waals surface area (Å²) in [7, 11) is 0. The van der Waals surface area contributed by atoms with Crippen LogP contribution in [0.25, 0.3) is 10.9 Å². The molecule has 0 aliphatic heterocycles. The van der Waals surface area contributed by atoms with Gasteiger partial charge in [0.1, 0.15) is 0 Å². The van der Waals surface area contributed by atoms with Crippen molar-refractivity contribution in [3.05, 3.63) is 35.5 Å². The van der Waals surface area contributed by atoms with Crippen molar-refractivity contribution in [1.82, 2.24) is 10.3 Å². The van der Waals surface area contributed by atoms with E-state index in [0.29, 0.717) is 16.2 Å². The predicted molar refractivity (Wildman–Crippen MR) is 74.3 cm³/mol. The second-order valence-electron chi connectivity index (χ2n) is 4.30. The highest BCUT2D eigenvalue weighted by atomic mass is 35.5. The first kappa shape index (κ1) is 15.5. The van der Waals surface area contributed by atoms with E-state index >= 15 is 0 Å². The molecular weight excluding hydrogens is 307 g/mol. The van der Waals surface area contributed by atoms with Crippen molar-refractivity contribution in [2.75, 3.05) is 18.4 Å². The average molecular weight is 318 g/mol. The molecule has 0 saturated heterocycles.